The molecule has 10 aromatic rings. The van der Waals surface area contributed by atoms with Crippen molar-refractivity contribution in [1.82, 2.24) is 4.57 Å². The number of hydrogen-bond acceptors (Lipinski definition) is 2. The number of aromatic nitrogens is 1. The minimum absolute atomic E-state index is 0.923. The fourth-order valence-electron chi connectivity index (χ4n) is 7.13. The van der Waals surface area contributed by atoms with E-state index in [-0.39, 0.29) is 0 Å². The molecule has 0 N–H and O–H groups in total. The second-order valence-corrected chi connectivity index (χ2v) is 12.8. The monoisotopic (exact) mass is 591 g/mol. The summed E-state index contributed by atoms with van der Waals surface area (Å²) < 4.78 is 11.2. The highest BCUT2D eigenvalue weighted by atomic mass is 32.1. The van der Waals surface area contributed by atoms with Gasteiger partial charge in [0.2, 0.25) is 0 Å². The quantitative estimate of drug-likeness (QED) is 0.200. The molecule has 10 rings (SSSR count). The van der Waals surface area contributed by atoms with Crippen LogP contribution in [0.15, 0.2) is 156 Å². The number of nitrogens with zero attached hydrogens (tertiary/aromatic N) is 1. The van der Waals surface area contributed by atoms with Gasteiger partial charge in [-0.1, -0.05) is 103 Å². The molecule has 0 aliphatic heterocycles. The van der Waals surface area contributed by atoms with Gasteiger partial charge in [-0.2, -0.15) is 0 Å². The van der Waals surface area contributed by atoms with Gasteiger partial charge in [-0.15, -0.1) is 11.3 Å². The van der Waals surface area contributed by atoms with Crippen LogP contribution in [0.2, 0.25) is 0 Å². The smallest absolute Gasteiger partial charge is 0.136 e. The van der Waals surface area contributed by atoms with Gasteiger partial charge < -0.3 is 8.98 Å². The Morgan fingerprint density at radius 2 is 1.09 bits per heavy atom. The summed E-state index contributed by atoms with van der Waals surface area (Å²) in [6.07, 6.45) is 0. The number of fused-ring (bicyclic) bond motifs is 9. The van der Waals surface area contributed by atoms with E-state index in [1.165, 1.54) is 75.3 Å². The highest BCUT2D eigenvalue weighted by molar-refractivity contribution is 7.25. The first-order valence-electron chi connectivity index (χ1n) is 15.3. The Morgan fingerprint density at radius 3 is 1.93 bits per heavy atom. The topological polar surface area (TPSA) is 18.1 Å². The van der Waals surface area contributed by atoms with E-state index in [0.717, 1.165) is 16.6 Å². The summed E-state index contributed by atoms with van der Waals surface area (Å²) in [6, 6.07) is 54.8. The van der Waals surface area contributed by atoms with Crippen LogP contribution in [-0.4, -0.2) is 4.57 Å². The summed E-state index contributed by atoms with van der Waals surface area (Å²) in [7, 11) is 0. The fraction of sp³-hybridized carbons (Fsp3) is 0. The maximum absolute atomic E-state index is 6.14. The molecular formula is C42H25NOS. The summed E-state index contributed by atoms with van der Waals surface area (Å²) >= 11 is 1.88. The van der Waals surface area contributed by atoms with Gasteiger partial charge in [0.1, 0.15) is 11.2 Å². The third kappa shape index (κ3) is 3.68. The molecule has 0 amide bonds. The van der Waals surface area contributed by atoms with Crippen LogP contribution in [0.4, 0.5) is 0 Å². The van der Waals surface area contributed by atoms with Gasteiger partial charge in [0.25, 0.3) is 0 Å². The molecule has 0 atom stereocenters. The van der Waals surface area contributed by atoms with E-state index in [0.29, 0.717) is 0 Å². The molecule has 0 bridgehead atoms. The van der Waals surface area contributed by atoms with Crippen molar-refractivity contribution in [2.45, 2.75) is 0 Å². The summed E-state index contributed by atoms with van der Waals surface area (Å²) in [4.78, 5) is 0. The van der Waals surface area contributed by atoms with Crippen molar-refractivity contribution in [1.29, 1.82) is 0 Å². The number of rotatable bonds is 3. The third-order valence-electron chi connectivity index (χ3n) is 9.23. The molecule has 3 heterocycles. The van der Waals surface area contributed by atoms with Gasteiger partial charge in [-0.3, -0.25) is 0 Å². The van der Waals surface area contributed by atoms with Gasteiger partial charge in [-0.05, 0) is 70.8 Å². The first-order valence-corrected chi connectivity index (χ1v) is 16.1. The maximum atomic E-state index is 6.14. The van der Waals surface area contributed by atoms with Crippen molar-refractivity contribution in [3.63, 3.8) is 0 Å². The van der Waals surface area contributed by atoms with Crippen LogP contribution < -0.4 is 0 Å². The standard InChI is InChI=1S/C42H25NOS/c1-4-12-36-31(8-1)34-25-41-35(32-9-3-6-15-40(32)45-41)24-37(34)43(36)29-22-20-27(21-23-29)26-16-18-28(19-17-26)30-11-7-14-39-42(30)33-10-2-5-13-38(33)44-39/h1-25H. The number of benzene rings is 7. The Bertz CT molecular complexity index is 2740. The van der Waals surface area contributed by atoms with E-state index in [1.807, 2.05) is 23.5 Å². The van der Waals surface area contributed by atoms with Crippen LogP contribution in [0.3, 0.4) is 0 Å². The molecule has 0 spiro atoms. The number of thiophene rings is 1. The van der Waals surface area contributed by atoms with Crippen LogP contribution in [0.1, 0.15) is 0 Å². The Kier molecular flexibility index (Phi) is 5.19. The molecule has 45 heavy (non-hydrogen) atoms. The van der Waals surface area contributed by atoms with E-state index >= 15 is 0 Å². The van der Waals surface area contributed by atoms with E-state index in [2.05, 4.69) is 144 Å². The average molecular weight is 592 g/mol. The first-order chi connectivity index (χ1) is 22.3. The van der Waals surface area contributed by atoms with E-state index in [9.17, 15) is 0 Å². The minimum Gasteiger partial charge on any atom is -0.456 e. The summed E-state index contributed by atoms with van der Waals surface area (Å²) in [6.45, 7) is 0. The molecule has 3 aromatic heterocycles. The maximum Gasteiger partial charge on any atom is 0.136 e. The Balaban J connectivity index is 1.07. The lowest BCUT2D eigenvalue weighted by Gasteiger charge is -2.10. The van der Waals surface area contributed by atoms with E-state index in [4.69, 9.17) is 4.42 Å². The molecule has 7 aromatic carbocycles. The molecule has 0 unspecified atom stereocenters. The molecule has 0 radical (unpaired) electrons. The molecule has 3 heteroatoms. The van der Waals surface area contributed by atoms with Crippen molar-refractivity contribution in [2.24, 2.45) is 0 Å². The molecule has 0 aliphatic rings. The average Bonchev–Trinajstić information content (AvgIpc) is 3.76. The van der Waals surface area contributed by atoms with Crippen LogP contribution in [0.25, 0.3) is 91.9 Å². The van der Waals surface area contributed by atoms with Crippen molar-refractivity contribution < 1.29 is 4.42 Å². The van der Waals surface area contributed by atoms with Crippen LogP contribution in [0, 0.1) is 0 Å². The zero-order chi connectivity index (χ0) is 29.5. The van der Waals surface area contributed by atoms with Gasteiger partial charge in [-0.25, -0.2) is 0 Å². The Morgan fingerprint density at radius 1 is 0.422 bits per heavy atom. The lowest BCUT2D eigenvalue weighted by atomic mass is 9.97. The van der Waals surface area contributed by atoms with Crippen LogP contribution in [0.5, 0.6) is 0 Å². The Hall–Kier alpha value is -5.64. The molecule has 210 valence electrons. The molecule has 2 nitrogen and oxygen atoms in total. The largest absolute Gasteiger partial charge is 0.456 e. The number of hydrogen-bond donors (Lipinski definition) is 0. The number of furan rings is 1. The molecule has 0 saturated heterocycles. The first kappa shape index (κ1) is 24.8. The van der Waals surface area contributed by atoms with Crippen LogP contribution in [-0.2, 0) is 0 Å². The zero-order valence-corrected chi connectivity index (χ0v) is 25.0. The highest BCUT2D eigenvalue weighted by Gasteiger charge is 2.16. The molecule has 0 aliphatic carbocycles. The lowest BCUT2D eigenvalue weighted by molar-refractivity contribution is 0.669. The van der Waals surface area contributed by atoms with Crippen LogP contribution >= 0.6 is 11.3 Å². The third-order valence-corrected chi connectivity index (χ3v) is 10.4. The van der Waals surface area contributed by atoms with E-state index in [1.54, 1.807) is 0 Å². The van der Waals surface area contributed by atoms with Crippen molar-refractivity contribution in [3.05, 3.63) is 152 Å². The summed E-state index contributed by atoms with van der Waals surface area (Å²) in [5.74, 6) is 0. The summed E-state index contributed by atoms with van der Waals surface area (Å²) in [5.41, 5.74) is 10.3. The van der Waals surface area contributed by atoms with E-state index < -0.39 is 0 Å². The second kappa shape index (κ2) is 9.43. The van der Waals surface area contributed by atoms with Crippen molar-refractivity contribution in [3.8, 4) is 27.9 Å². The van der Waals surface area contributed by atoms with Crippen molar-refractivity contribution >= 4 is 75.3 Å². The minimum atomic E-state index is 0.923. The lowest BCUT2D eigenvalue weighted by Crippen LogP contribution is -1.93. The molecule has 0 saturated carbocycles. The summed E-state index contributed by atoms with van der Waals surface area (Å²) in [5, 5.41) is 7.55. The van der Waals surface area contributed by atoms with Gasteiger partial charge in [0.05, 0.1) is 11.0 Å². The Labute approximate surface area is 263 Å². The molecule has 0 fully saturated rings. The second-order valence-electron chi connectivity index (χ2n) is 11.7. The fourth-order valence-corrected chi connectivity index (χ4v) is 8.25. The van der Waals surface area contributed by atoms with Gasteiger partial charge >= 0.3 is 0 Å². The zero-order valence-electron chi connectivity index (χ0n) is 24.2. The number of para-hydroxylation sites is 2. The van der Waals surface area contributed by atoms with Crippen molar-refractivity contribution in [2.75, 3.05) is 0 Å². The van der Waals surface area contributed by atoms with Gasteiger partial charge in [0.15, 0.2) is 0 Å². The SMILES string of the molecule is c1ccc2c(c1)oc1cccc(-c3ccc(-c4ccc(-n5c6ccccc6c6cc7sc8ccccc8c7cc65)cc4)cc3)c12. The molecular weight excluding hydrogens is 567 g/mol. The predicted molar refractivity (Wildman–Crippen MR) is 192 cm³/mol. The normalized spacial score (nSPS) is 12.0. The highest BCUT2D eigenvalue weighted by Crippen LogP contribution is 2.41. The predicted octanol–water partition coefficient (Wildman–Crippen LogP) is 12.4. The van der Waals surface area contributed by atoms with Gasteiger partial charge in [0, 0.05) is 47.4 Å².